The van der Waals surface area contributed by atoms with Crippen molar-refractivity contribution < 1.29 is 38.6 Å². The number of nitrogens with zero attached hydrogens (tertiary/aromatic N) is 5. The monoisotopic (exact) mass is 889 g/mol. The molecule has 2 saturated heterocycles. The number of phenolic OH excluding ortho intramolecular Hbond substituents is 1. The van der Waals surface area contributed by atoms with E-state index in [4.69, 9.17) is 9.47 Å². The van der Waals surface area contributed by atoms with Gasteiger partial charge in [0.2, 0.25) is 17.7 Å². The number of aromatic nitrogens is 2. The average Bonchev–Trinajstić information content (AvgIpc) is 3.90. The number of hydrogen-bond donors (Lipinski definition) is 3. The van der Waals surface area contributed by atoms with Crippen molar-refractivity contribution in [3.05, 3.63) is 84.2 Å². The molecular weight excluding hydrogens is 827 g/mol. The molecule has 4 atom stereocenters. The van der Waals surface area contributed by atoms with Crippen molar-refractivity contribution in [2.45, 2.75) is 98.0 Å². The van der Waals surface area contributed by atoms with Gasteiger partial charge in [-0.25, -0.2) is 5.43 Å². The Morgan fingerprint density at radius 1 is 1.11 bits per heavy atom. The number of nitrogens with one attached hydrogen (secondary N) is 2. The van der Waals surface area contributed by atoms with Gasteiger partial charge in [0.25, 0.3) is 5.91 Å². The molecule has 346 valence electrons. The summed E-state index contributed by atoms with van der Waals surface area (Å²) in [5.74, 6) is -2.86. The zero-order valence-electron chi connectivity index (χ0n) is 38.7. The van der Waals surface area contributed by atoms with Gasteiger partial charge in [-0.2, -0.15) is 0 Å². The molecule has 3 N–H and O–H groups in total. The fourth-order valence-electron chi connectivity index (χ4n) is 9.83. The van der Waals surface area contributed by atoms with Crippen LogP contribution in [0.3, 0.4) is 0 Å². The minimum atomic E-state index is -1.16. The summed E-state index contributed by atoms with van der Waals surface area (Å²) in [6, 6.07) is 10.5. The highest BCUT2D eigenvalue weighted by atomic mass is 16.5. The quantitative estimate of drug-likeness (QED) is 0.138. The number of hydrogen-bond acceptors (Lipinski definition) is 10. The van der Waals surface area contributed by atoms with Gasteiger partial charge in [-0.1, -0.05) is 46.4 Å². The van der Waals surface area contributed by atoms with Crippen LogP contribution in [0.15, 0.2) is 67.5 Å². The molecule has 15 nitrogen and oxygen atoms in total. The first-order valence-electron chi connectivity index (χ1n) is 22.7. The minimum absolute atomic E-state index is 0.00960. The van der Waals surface area contributed by atoms with Crippen molar-refractivity contribution in [1.82, 2.24) is 35.1 Å². The smallest absolute Gasteiger partial charge is 0.324 e. The molecule has 0 saturated carbocycles. The van der Waals surface area contributed by atoms with E-state index in [0.29, 0.717) is 56.5 Å². The highest BCUT2D eigenvalue weighted by Gasteiger charge is 2.40. The number of likely N-dealkylation sites (tertiary alicyclic amines) is 1. The molecule has 0 spiro atoms. The van der Waals surface area contributed by atoms with E-state index in [1.54, 1.807) is 37.4 Å². The van der Waals surface area contributed by atoms with E-state index in [1.807, 2.05) is 38.2 Å². The molecule has 4 aromatic rings. The Labute approximate surface area is 381 Å². The maximum atomic E-state index is 14.7. The van der Waals surface area contributed by atoms with E-state index < -0.39 is 47.2 Å². The molecule has 4 amide bonds. The molecule has 0 aliphatic carbocycles. The lowest BCUT2D eigenvalue weighted by Crippen LogP contribution is -2.62. The van der Waals surface area contributed by atoms with Crippen LogP contribution in [0.4, 0.5) is 0 Å². The van der Waals surface area contributed by atoms with Crippen LogP contribution in [0.25, 0.3) is 33.3 Å². The Bertz CT molecular complexity index is 2480. The van der Waals surface area contributed by atoms with Crippen molar-refractivity contribution in [3.8, 4) is 28.1 Å². The van der Waals surface area contributed by atoms with Crippen LogP contribution in [0.5, 0.6) is 5.75 Å². The molecule has 5 heterocycles. The number of cyclic esters (lactones) is 1. The maximum absolute atomic E-state index is 14.7. The van der Waals surface area contributed by atoms with Crippen molar-refractivity contribution in [2.75, 3.05) is 40.4 Å². The Balaban J connectivity index is 1.30. The molecule has 0 radical (unpaired) electrons. The zero-order chi connectivity index (χ0) is 46.7. The van der Waals surface area contributed by atoms with Crippen molar-refractivity contribution in [1.29, 1.82) is 0 Å². The number of esters is 1. The average molecular weight is 890 g/mol. The van der Waals surface area contributed by atoms with E-state index in [-0.39, 0.29) is 49.6 Å². The van der Waals surface area contributed by atoms with Crippen LogP contribution in [0.2, 0.25) is 0 Å². The van der Waals surface area contributed by atoms with E-state index in [1.165, 1.54) is 16.0 Å². The topological polar surface area (TPSA) is 176 Å². The van der Waals surface area contributed by atoms with E-state index in [9.17, 15) is 29.1 Å². The summed E-state index contributed by atoms with van der Waals surface area (Å²) in [6.07, 6.45) is 6.80. The summed E-state index contributed by atoms with van der Waals surface area (Å²) in [5.41, 5.74) is 9.72. The van der Waals surface area contributed by atoms with Crippen molar-refractivity contribution >= 4 is 40.5 Å². The summed E-state index contributed by atoms with van der Waals surface area (Å²) >= 11 is 0. The van der Waals surface area contributed by atoms with Gasteiger partial charge in [-0.3, -0.25) is 34.0 Å². The summed E-state index contributed by atoms with van der Waals surface area (Å²) in [7, 11) is 3.25. The van der Waals surface area contributed by atoms with Crippen LogP contribution in [0.1, 0.15) is 70.6 Å². The van der Waals surface area contributed by atoms with E-state index in [0.717, 1.165) is 38.9 Å². The second kappa shape index (κ2) is 19.6. The molecule has 2 aromatic heterocycles. The number of carbonyl (C=O) groups is 5. The number of benzene rings is 2. The number of hydrazine groups is 1. The van der Waals surface area contributed by atoms with Gasteiger partial charge in [-0.15, -0.1) is 0 Å². The molecular formula is C50H63N7O8. The number of amides is 4. The molecule has 1 unspecified atom stereocenters. The second-order valence-electron chi connectivity index (χ2n) is 18.8. The van der Waals surface area contributed by atoms with Crippen molar-refractivity contribution in [2.24, 2.45) is 17.3 Å². The first-order valence-corrected chi connectivity index (χ1v) is 22.7. The third kappa shape index (κ3) is 9.96. The molecule has 65 heavy (non-hydrogen) atoms. The molecule has 2 fully saturated rings. The first-order chi connectivity index (χ1) is 31.0. The lowest BCUT2D eigenvalue weighted by molar-refractivity contribution is -0.155. The predicted octanol–water partition coefficient (Wildman–Crippen LogP) is 5.41. The first kappa shape index (κ1) is 46.9. The number of phenols is 1. The van der Waals surface area contributed by atoms with E-state index in [2.05, 4.69) is 59.8 Å². The molecule has 3 aliphatic rings. The SMILES string of the molecule is C=CC(=O)N1CC[C@H](C(=O)N(C)[C@H](C(=O)NC2Cc3cc(O)cc(c3)-c3ccc4c(c3)c(c(-c3cnccc3COC)n4CC)CC(C)(C)COC(=O)[C@@H]3CCCN(N3)C2=O)C(C)C)C1. The van der Waals surface area contributed by atoms with Crippen LogP contribution in [-0.2, 0) is 59.4 Å². The summed E-state index contributed by atoms with van der Waals surface area (Å²) < 4.78 is 14.0. The van der Waals surface area contributed by atoms with Crippen LogP contribution < -0.4 is 10.7 Å². The van der Waals surface area contributed by atoms with Crippen LogP contribution >= 0.6 is 0 Å². The number of ether oxygens (including phenoxy) is 2. The third-order valence-corrected chi connectivity index (χ3v) is 13.0. The number of carbonyl (C=O) groups excluding carboxylic acids is 5. The molecule has 6 bridgehead atoms. The normalized spacial score (nSPS) is 20.6. The molecule has 15 heteroatoms. The Morgan fingerprint density at radius 2 is 1.89 bits per heavy atom. The van der Waals surface area contributed by atoms with Crippen LogP contribution in [0, 0.1) is 17.3 Å². The number of rotatable bonds is 10. The van der Waals surface area contributed by atoms with Gasteiger partial charge in [0.05, 0.1) is 24.8 Å². The van der Waals surface area contributed by atoms with Gasteiger partial charge in [-0.05, 0) is 103 Å². The number of aryl methyl sites for hydroxylation is 1. The van der Waals surface area contributed by atoms with Gasteiger partial charge in [0, 0.05) is 81.0 Å². The lowest BCUT2D eigenvalue weighted by atomic mass is 9.84. The number of aromatic hydroxyl groups is 1. The highest BCUT2D eigenvalue weighted by molar-refractivity contribution is 5.96. The number of pyridine rings is 1. The summed E-state index contributed by atoms with van der Waals surface area (Å²) in [5, 5.41) is 16.7. The number of methoxy groups -OCH3 is 1. The fourth-order valence-corrected chi connectivity index (χ4v) is 9.83. The summed E-state index contributed by atoms with van der Waals surface area (Å²) in [6.45, 7) is 15.6. The maximum Gasteiger partial charge on any atom is 0.324 e. The van der Waals surface area contributed by atoms with Gasteiger partial charge >= 0.3 is 5.97 Å². The van der Waals surface area contributed by atoms with Gasteiger partial charge in [0.15, 0.2) is 0 Å². The van der Waals surface area contributed by atoms with E-state index >= 15 is 0 Å². The standard InChI is InChI=1S/C50H63N7O8/c1-9-43(59)55-19-16-33(27-55)47(61)54(7)44(30(3)4)46(60)52-41-22-31-20-35(23-36(58)21-31)32-13-14-42-37(24-32)38(45(56(42)10-2)39-26-51-17-15-34(39)28-64-8)25-50(5,6)29-65-49(63)40-12-11-18-57(53-40)48(41)62/h9,13-15,17,20-21,23-24,26,30,33,40-41,44,53,58H,1,10-12,16,18-19,22,25,27-29H2,2-8H3,(H,52,60)/t33-,40-,41?,44-/m0/s1. The Kier molecular flexibility index (Phi) is 14.1. The Morgan fingerprint density at radius 3 is 2.62 bits per heavy atom. The van der Waals surface area contributed by atoms with Gasteiger partial charge < -0.3 is 34.3 Å². The zero-order valence-corrected chi connectivity index (χ0v) is 38.7. The lowest BCUT2D eigenvalue weighted by Gasteiger charge is -2.37. The Hall–Kier alpha value is -6.06. The molecule has 3 aliphatic heterocycles. The third-order valence-electron chi connectivity index (χ3n) is 13.0. The number of likely N-dealkylation sites (N-methyl/N-ethyl adjacent to an activating group) is 1. The van der Waals surface area contributed by atoms with Gasteiger partial charge in [0.1, 0.15) is 23.9 Å². The predicted molar refractivity (Wildman–Crippen MR) is 247 cm³/mol. The second-order valence-corrected chi connectivity index (χ2v) is 18.8. The number of fused-ring (bicyclic) bond motifs is 6. The fraction of sp³-hybridized carbons (Fsp3) is 0.480. The van der Waals surface area contributed by atoms with Crippen LogP contribution in [-0.4, -0.2) is 118 Å². The minimum Gasteiger partial charge on any atom is -0.508 e. The highest BCUT2D eigenvalue weighted by Crippen LogP contribution is 2.41. The largest absolute Gasteiger partial charge is 0.508 e. The summed E-state index contributed by atoms with van der Waals surface area (Å²) in [4.78, 5) is 76.8. The molecule has 7 rings (SSSR count). The van der Waals surface area contributed by atoms with Crippen molar-refractivity contribution in [3.63, 3.8) is 0 Å². The molecule has 2 aromatic carbocycles.